The molecule has 1 heterocycles. The third-order valence-electron chi connectivity index (χ3n) is 5.09. The molecule has 4 heteroatoms. The Kier molecular flexibility index (Phi) is 5.74. The number of amides is 1. The average Bonchev–Trinajstić information content (AvgIpc) is 2.68. The molecule has 2 aromatic carbocycles. The highest BCUT2D eigenvalue weighted by Crippen LogP contribution is 2.25. The SMILES string of the molecule is COc1ccc(C)cc1NC(=O)[C@H](C)[NH+]1CC=C(c2ccccc2)CC1. The van der Waals surface area contributed by atoms with Crippen molar-refractivity contribution >= 4 is 17.2 Å². The van der Waals surface area contributed by atoms with Crippen molar-refractivity contribution in [1.82, 2.24) is 0 Å². The standard InChI is InChI=1S/C22H26N2O2/c1-16-9-10-21(26-3)20(15-16)23-22(25)17(2)24-13-11-19(12-14-24)18-7-5-4-6-8-18/h4-11,15,17H,12-14H2,1-3H3,(H,23,25)/p+1/t17-/m0/s1. The van der Waals surface area contributed by atoms with Gasteiger partial charge in [0.2, 0.25) is 0 Å². The maximum absolute atomic E-state index is 12.7. The number of carbonyl (C=O) groups excluding carboxylic acids is 1. The molecule has 1 aliphatic heterocycles. The minimum Gasteiger partial charge on any atom is -0.495 e. The summed E-state index contributed by atoms with van der Waals surface area (Å²) in [6.45, 7) is 5.82. The van der Waals surface area contributed by atoms with Gasteiger partial charge >= 0.3 is 0 Å². The van der Waals surface area contributed by atoms with Crippen LogP contribution in [-0.4, -0.2) is 32.1 Å². The minimum absolute atomic E-state index is 0.0282. The number of carbonyl (C=O) groups is 1. The van der Waals surface area contributed by atoms with Gasteiger partial charge in [-0.1, -0.05) is 36.4 Å². The highest BCUT2D eigenvalue weighted by Gasteiger charge is 2.27. The summed E-state index contributed by atoms with van der Waals surface area (Å²) in [6.07, 6.45) is 3.26. The summed E-state index contributed by atoms with van der Waals surface area (Å²) < 4.78 is 5.36. The second-order valence-electron chi connectivity index (χ2n) is 6.87. The Morgan fingerprint density at radius 3 is 2.62 bits per heavy atom. The van der Waals surface area contributed by atoms with E-state index in [4.69, 9.17) is 4.74 Å². The fourth-order valence-corrected chi connectivity index (χ4v) is 3.41. The molecule has 26 heavy (non-hydrogen) atoms. The van der Waals surface area contributed by atoms with Crippen LogP contribution in [-0.2, 0) is 4.79 Å². The van der Waals surface area contributed by atoms with Crippen molar-refractivity contribution in [2.45, 2.75) is 26.3 Å². The Bertz CT molecular complexity index is 799. The Morgan fingerprint density at radius 2 is 1.96 bits per heavy atom. The minimum atomic E-state index is -0.117. The highest BCUT2D eigenvalue weighted by atomic mass is 16.5. The molecule has 136 valence electrons. The summed E-state index contributed by atoms with van der Waals surface area (Å²) in [6, 6.07) is 16.2. The first-order chi connectivity index (χ1) is 12.6. The zero-order chi connectivity index (χ0) is 18.5. The molecule has 3 rings (SSSR count). The zero-order valence-electron chi connectivity index (χ0n) is 15.7. The third kappa shape index (κ3) is 4.14. The average molecular weight is 351 g/mol. The first-order valence-electron chi connectivity index (χ1n) is 9.13. The molecule has 4 nitrogen and oxygen atoms in total. The second kappa shape index (κ2) is 8.19. The van der Waals surface area contributed by atoms with E-state index >= 15 is 0 Å². The van der Waals surface area contributed by atoms with Gasteiger partial charge in [0.25, 0.3) is 5.91 Å². The summed E-state index contributed by atoms with van der Waals surface area (Å²) in [4.78, 5) is 14.0. The monoisotopic (exact) mass is 351 g/mol. The number of hydrogen-bond acceptors (Lipinski definition) is 2. The smallest absolute Gasteiger partial charge is 0.282 e. The number of nitrogens with one attached hydrogen (secondary N) is 2. The van der Waals surface area contributed by atoms with Crippen molar-refractivity contribution < 1.29 is 14.4 Å². The van der Waals surface area contributed by atoms with Crippen LogP contribution in [0.2, 0.25) is 0 Å². The Hall–Kier alpha value is -2.59. The van der Waals surface area contributed by atoms with Crippen LogP contribution in [0.15, 0.2) is 54.6 Å². The number of hydrogen-bond donors (Lipinski definition) is 2. The van der Waals surface area contributed by atoms with Gasteiger partial charge in [-0.25, -0.2) is 0 Å². The van der Waals surface area contributed by atoms with Crippen LogP contribution in [0.3, 0.4) is 0 Å². The lowest BCUT2D eigenvalue weighted by molar-refractivity contribution is -0.909. The molecule has 1 unspecified atom stereocenters. The third-order valence-corrected chi connectivity index (χ3v) is 5.09. The summed E-state index contributed by atoms with van der Waals surface area (Å²) in [7, 11) is 1.62. The molecule has 1 amide bonds. The van der Waals surface area contributed by atoms with Crippen LogP contribution < -0.4 is 15.0 Å². The number of aryl methyl sites for hydroxylation is 1. The molecule has 2 aromatic rings. The largest absolute Gasteiger partial charge is 0.495 e. The topological polar surface area (TPSA) is 42.8 Å². The van der Waals surface area contributed by atoms with E-state index in [0.29, 0.717) is 5.75 Å². The number of quaternary nitrogens is 1. The molecule has 0 radical (unpaired) electrons. The molecule has 0 saturated heterocycles. The molecular weight excluding hydrogens is 324 g/mol. The fraction of sp³-hybridized carbons (Fsp3) is 0.318. The van der Waals surface area contributed by atoms with E-state index in [1.807, 2.05) is 38.1 Å². The van der Waals surface area contributed by atoms with Gasteiger partial charge in [-0.15, -0.1) is 0 Å². The van der Waals surface area contributed by atoms with Crippen molar-refractivity contribution in [2.24, 2.45) is 0 Å². The molecule has 0 spiro atoms. The van der Waals surface area contributed by atoms with E-state index in [1.54, 1.807) is 7.11 Å². The Labute approximate surface area is 155 Å². The number of anilines is 1. The van der Waals surface area contributed by atoms with Crippen LogP contribution in [0.1, 0.15) is 24.5 Å². The normalized spacial score (nSPS) is 18.0. The van der Waals surface area contributed by atoms with Gasteiger partial charge in [-0.2, -0.15) is 0 Å². The van der Waals surface area contributed by atoms with Crippen LogP contribution in [0.5, 0.6) is 5.75 Å². The van der Waals surface area contributed by atoms with Gasteiger partial charge in [0.1, 0.15) is 5.75 Å². The van der Waals surface area contributed by atoms with Gasteiger partial charge in [-0.3, -0.25) is 4.79 Å². The maximum Gasteiger partial charge on any atom is 0.282 e. The molecule has 0 aromatic heterocycles. The molecule has 2 N–H and O–H groups in total. The Balaban J connectivity index is 1.65. The molecule has 0 bridgehead atoms. The van der Waals surface area contributed by atoms with Crippen molar-refractivity contribution in [1.29, 1.82) is 0 Å². The first kappa shape index (κ1) is 18.2. The first-order valence-corrected chi connectivity index (χ1v) is 9.13. The molecule has 1 aliphatic rings. The van der Waals surface area contributed by atoms with E-state index < -0.39 is 0 Å². The molecule has 2 atom stereocenters. The maximum atomic E-state index is 12.7. The Morgan fingerprint density at radius 1 is 1.19 bits per heavy atom. The van der Waals surface area contributed by atoms with E-state index in [0.717, 1.165) is 30.8 Å². The van der Waals surface area contributed by atoms with Crippen LogP contribution in [0, 0.1) is 6.92 Å². The second-order valence-corrected chi connectivity index (χ2v) is 6.87. The van der Waals surface area contributed by atoms with E-state index in [1.165, 1.54) is 16.0 Å². The van der Waals surface area contributed by atoms with E-state index in [2.05, 4.69) is 35.7 Å². The van der Waals surface area contributed by atoms with Gasteiger partial charge in [-0.05, 0) is 48.8 Å². The molecule has 0 aliphatic carbocycles. The molecular formula is C22H27N2O2+. The van der Waals surface area contributed by atoms with Crippen molar-refractivity contribution in [3.05, 3.63) is 65.7 Å². The highest BCUT2D eigenvalue weighted by molar-refractivity contribution is 5.95. The lowest BCUT2D eigenvalue weighted by atomic mass is 9.99. The van der Waals surface area contributed by atoms with Gasteiger partial charge in [0, 0.05) is 6.42 Å². The number of benzene rings is 2. The number of ether oxygens (including phenoxy) is 1. The summed E-state index contributed by atoms with van der Waals surface area (Å²) in [5.74, 6) is 0.719. The summed E-state index contributed by atoms with van der Waals surface area (Å²) in [5, 5.41) is 3.04. The molecule has 0 saturated carbocycles. The van der Waals surface area contributed by atoms with E-state index in [9.17, 15) is 4.79 Å². The van der Waals surface area contributed by atoms with E-state index in [-0.39, 0.29) is 11.9 Å². The molecule has 0 fully saturated rings. The predicted octanol–water partition coefficient (Wildman–Crippen LogP) is 2.70. The lowest BCUT2D eigenvalue weighted by Crippen LogP contribution is -3.17. The fourth-order valence-electron chi connectivity index (χ4n) is 3.41. The quantitative estimate of drug-likeness (QED) is 0.870. The van der Waals surface area contributed by atoms with Gasteiger partial charge < -0.3 is 15.0 Å². The van der Waals surface area contributed by atoms with Gasteiger partial charge in [0.05, 0.1) is 25.9 Å². The lowest BCUT2D eigenvalue weighted by Gasteiger charge is -2.28. The van der Waals surface area contributed by atoms with Crippen molar-refractivity contribution in [3.63, 3.8) is 0 Å². The summed E-state index contributed by atoms with van der Waals surface area (Å²) in [5.41, 5.74) is 4.49. The van der Waals surface area contributed by atoms with Crippen molar-refractivity contribution in [2.75, 3.05) is 25.5 Å². The van der Waals surface area contributed by atoms with Crippen LogP contribution in [0.25, 0.3) is 5.57 Å². The van der Waals surface area contributed by atoms with Crippen LogP contribution in [0.4, 0.5) is 5.69 Å². The van der Waals surface area contributed by atoms with Crippen LogP contribution >= 0.6 is 0 Å². The predicted molar refractivity (Wildman–Crippen MR) is 106 cm³/mol. The van der Waals surface area contributed by atoms with Gasteiger partial charge in [0.15, 0.2) is 6.04 Å². The van der Waals surface area contributed by atoms with Crippen molar-refractivity contribution in [3.8, 4) is 5.75 Å². The zero-order valence-corrected chi connectivity index (χ0v) is 15.7. The summed E-state index contributed by atoms with van der Waals surface area (Å²) >= 11 is 0. The number of methoxy groups -OCH3 is 1. The number of rotatable bonds is 5.